The van der Waals surface area contributed by atoms with Crippen molar-refractivity contribution in [3.63, 3.8) is 0 Å². The van der Waals surface area contributed by atoms with Crippen LogP contribution in [0, 0.1) is 13.0 Å². The summed E-state index contributed by atoms with van der Waals surface area (Å²) in [5.74, 6) is 0.653. The summed E-state index contributed by atoms with van der Waals surface area (Å²) in [6, 6.07) is 8.71. The molecule has 0 saturated carbocycles. The molecule has 1 radical (unpaired) electrons. The summed E-state index contributed by atoms with van der Waals surface area (Å²) < 4.78 is 118. The Labute approximate surface area is 176 Å². The monoisotopic (exact) mass is 545 g/mol. The molecule has 181 valence electrons. The number of hydrogen-bond acceptors (Lipinski definition) is 0. The van der Waals surface area contributed by atoms with Gasteiger partial charge in [-0.1, -0.05) is 43.7 Å². The molecule has 1 aliphatic rings. The fourth-order valence-electron chi connectivity index (χ4n) is 1.29. The largest absolute Gasteiger partial charge is 3.00 e. The summed E-state index contributed by atoms with van der Waals surface area (Å²) in [4.78, 5) is 0. The number of halogens is 12. The van der Waals surface area contributed by atoms with E-state index in [0.717, 1.165) is 6.42 Å². The molecule has 1 aromatic carbocycles. The van der Waals surface area contributed by atoms with Gasteiger partial charge in [0.25, 0.3) is 0 Å². The van der Waals surface area contributed by atoms with E-state index in [4.69, 9.17) is 0 Å². The second-order valence-electron chi connectivity index (χ2n) is 5.99. The van der Waals surface area contributed by atoms with Crippen molar-refractivity contribution in [2.75, 3.05) is 0 Å². The van der Waals surface area contributed by atoms with E-state index in [2.05, 4.69) is 57.2 Å². The van der Waals surface area contributed by atoms with E-state index in [0.29, 0.717) is 5.92 Å². The first-order valence-electron chi connectivity index (χ1n) is 7.51. The molecule has 0 fully saturated rings. The summed E-state index contributed by atoms with van der Waals surface area (Å²) in [7, 11) is -21.3. The molecule has 0 amide bonds. The molecule has 0 unspecified atom stereocenters. The van der Waals surface area contributed by atoms with E-state index in [1.807, 2.05) is 12.2 Å². The molecule has 30 heavy (non-hydrogen) atoms. The summed E-state index contributed by atoms with van der Waals surface area (Å²) in [5.41, 5.74) is 2.76. The first-order valence-corrected chi connectivity index (χ1v) is 11.6. The van der Waals surface area contributed by atoms with E-state index in [9.17, 15) is 50.4 Å². The van der Waals surface area contributed by atoms with Gasteiger partial charge in [-0.3, -0.25) is 6.08 Å². The van der Waals surface area contributed by atoms with Gasteiger partial charge in [0.1, 0.15) is 0 Å². The minimum absolute atomic E-state index is 0. The molecule has 0 N–H and O–H groups in total. The molecule has 1 aromatic rings. The van der Waals surface area contributed by atoms with Crippen molar-refractivity contribution >= 4 is 15.6 Å². The second-order valence-corrected chi connectivity index (χ2v) is 9.82. The van der Waals surface area contributed by atoms with Gasteiger partial charge in [0.2, 0.25) is 0 Å². The third-order valence-corrected chi connectivity index (χ3v) is 2.33. The molecule has 1 aliphatic carbocycles. The quantitative estimate of drug-likeness (QED) is 0.143. The Balaban J connectivity index is -0.000000330. The maximum absolute atomic E-state index is 10.7. The zero-order valence-electron chi connectivity index (χ0n) is 15.6. The van der Waals surface area contributed by atoms with Gasteiger partial charge in [0, 0.05) is 0 Å². The van der Waals surface area contributed by atoms with Crippen LogP contribution >= 0.6 is 15.6 Å². The summed E-state index contributed by atoms with van der Waals surface area (Å²) in [6.07, 6.45) is 10.0. The van der Waals surface area contributed by atoms with Gasteiger partial charge in [0.15, 0.2) is 0 Å². The van der Waals surface area contributed by atoms with E-state index >= 15 is 0 Å². The van der Waals surface area contributed by atoms with Gasteiger partial charge in [-0.25, -0.2) is 12.2 Å². The average molecular weight is 545 g/mol. The van der Waals surface area contributed by atoms with Crippen LogP contribution in [-0.4, -0.2) is 0 Å². The molecule has 0 spiro atoms. The molecule has 0 atom stereocenters. The molecule has 0 saturated heterocycles. The molecule has 0 aliphatic heterocycles. The van der Waals surface area contributed by atoms with Gasteiger partial charge in [-0.2, -0.15) is 6.08 Å². The Morgan fingerprint density at radius 2 is 1.07 bits per heavy atom. The predicted molar refractivity (Wildman–Crippen MR) is 94.0 cm³/mol. The van der Waals surface area contributed by atoms with Crippen LogP contribution in [0.4, 0.5) is 50.4 Å². The molecule has 0 bridgehead atoms. The summed E-state index contributed by atoms with van der Waals surface area (Å²) in [5, 5.41) is 0. The molecule has 0 nitrogen and oxygen atoms in total. The fourth-order valence-corrected chi connectivity index (χ4v) is 1.29. The van der Waals surface area contributed by atoms with E-state index in [-0.39, 0.29) is 17.1 Å². The Bertz CT molecular complexity index is 637. The van der Waals surface area contributed by atoms with Crippen molar-refractivity contribution in [2.24, 2.45) is 0 Å². The number of allylic oxidation sites excluding steroid dienone is 4. The maximum Gasteiger partial charge on any atom is 3.00 e. The van der Waals surface area contributed by atoms with Crippen LogP contribution in [0.1, 0.15) is 37.3 Å². The van der Waals surface area contributed by atoms with Crippen LogP contribution in [-0.2, 0) is 17.1 Å². The van der Waals surface area contributed by atoms with Gasteiger partial charge in [-0.05, 0) is 18.4 Å². The topological polar surface area (TPSA) is 0 Å². The van der Waals surface area contributed by atoms with Crippen molar-refractivity contribution in [1.29, 1.82) is 0 Å². The Morgan fingerprint density at radius 3 is 1.23 bits per heavy atom. The Morgan fingerprint density at radius 1 is 0.733 bits per heavy atom. The van der Waals surface area contributed by atoms with Gasteiger partial charge in [0.05, 0.1) is 0 Å². The zero-order valence-corrected chi connectivity index (χ0v) is 18.5. The van der Waals surface area contributed by atoms with E-state index < -0.39 is 15.6 Å². The SMILES string of the molecule is Cc1ccc(C(C)C)cc1.F[P-](F)(F)(F)(F)F.F[P-](F)(F)(F)(F)F.[C-]1=CC=CC1.[Fe+3]. The molecule has 0 heterocycles. The smallest absolute Gasteiger partial charge is 0.273 e. The molecular formula is C15H19F12FeP2. The number of rotatable bonds is 1. The van der Waals surface area contributed by atoms with Crippen LogP contribution < -0.4 is 0 Å². The van der Waals surface area contributed by atoms with Crippen molar-refractivity contribution in [2.45, 2.75) is 33.1 Å². The van der Waals surface area contributed by atoms with Crippen LogP contribution in [0.5, 0.6) is 0 Å². The van der Waals surface area contributed by atoms with Crippen molar-refractivity contribution in [3.8, 4) is 0 Å². The Kier molecular flexibility index (Phi) is 10.6. The van der Waals surface area contributed by atoms with Gasteiger partial charge >= 0.3 is 83.0 Å². The number of hydrogen-bond donors (Lipinski definition) is 0. The zero-order chi connectivity index (χ0) is 23.9. The second kappa shape index (κ2) is 9.39. The number of aryl methyl sites for hydroxylation is 1. The first-order chi connectivity index (χ1) is 12.1. The van der Waals surface area contributed by atoms with Crippen molar-refractivity contribution in [3.05, 3.63) is 59.7 Å². The molecule has 2 rings (SSSR count). The summed E-state index contributed by atoms with van der Waals surface area (Å²) >= 11 is 0. The third-order valence-electron chi connectivity index (χ3n) is 2.33. The molecule has 15 heteroatoms. The number of benzene rings is 1. The van der Waals surface area contributed by atoms with Crippen LogP contribution in [0.2, 0.25) is 0 Å². The normalized spacial score (nSPS) is 17.2. The average Bonchev–Trinajstić information content (AvgIpc) is 2.90. The predicted octanol–water partition coefficient (Wildman–Crippen LogP) is 11.2. The minimum atomic E-state index is -10.7. The fraction of sp³-hybridized carbons (Fsp3) is 0.333. The first kappa shape index (κ1) is 33.9. The maximum atomic E-state index is 9.87. The van der Waals surface area contributed by atoms with Crippen LogP contribution in [0.15, 0.2) is 42.5 Å². The van der Waals surface area contributed by atoms with Gasteiger partial charge in [-0.15, -0.1) is 6.42 Å². The van der Waals surface area contributed by atoms with Crippen LogP contribution in [0.25, 0.3) is 0 Å². The summed E-state index contributed by atoms with van der Waals surface area (Å²) in [6.45, 7) is 6.54. The third kappa shape index (κ3) is 56.4. The molecular weight excluding hydrogens is 526 g/mol. The van der Waals surface area contributed by atoms with Crippen molar-refractivity contribution < 1.29 is 67.4 Å². The van der Waals surface area contributed by atoms with Crippen LogP contribution in [0.3, 0.4) is 0 Å². The Hall–Kier alpha value is -0.761. The minimum Gasteiger partial charge on any atom is -0.273 e. The van der Waals surface area contributed by atoms with Gasteiger partial charge < -0.3 is 0 Å². The molecule has 0 aromatic heterocycles. The van der Waals surface area contributed by atoms with Crippen molar-refractivity contribution in [1.82, 2.24) is 0 Å². The van der Waals surface area contributed by atoms with E-state index in [1.165, 1.54) is 11.1 Å². The van der Waals surface area contributed by atoms with E-state index in [1.54, 1.807) is 0 Å². The standard InChI is InChI=1S/C10H14.C5H5.2F6P.Fe/c1-8(2)10-6-4-9(3)5-7-10;1-2-4-5-3-1;2*1-7(2,3,4,5)6;/h4-8H,1-3H3;1-3H,4H2;;;/q;3*-1;+3.